The average molecular weight is 328 g/mol. The summed E-state index contributed by atoms with van der Waals surface area (Å²) in [5, 5.41) is 0.612. The number of nitrogens with two attached hydrogens (primary N) is 1. The second-order valence-electron chi connectivity index (χ2n) is 5.55. The second kappa shape index (κ2) is 9.01. The van der Waals surface area contributed by atoms with Gasteiger partial charge in [0.25, 0.3) is 0 Å². The third-order valence-corrected chi connectivity index (χ3v) is 3.95. The van der Waals surface area contributed by atoms with Crippen LogP contribution in [0.1, 0.15) is 40.5 Å². The van der Waals surface area contributed by atoms with Crippen LogP contribution in [0, 0.1) is 5.92 Å². The van der Waals surface area contributed by atoms with E-state index in [-0.39, 0.29) is 18.1 Å². The number of carbonyl (C=O) groups excluding carboxylic acids is 1. The molecule has 0 bridgehead atoms. The standard InChI is InChI=1S/C17H26ClNO3/c1-5-13(6-2)16(12(4)21-17(20)11(3)19)22-15-9-7-8-14(18)10-15/h7-13,16H,5-6,19H2,1-4H3/t11-,12-,16-/m0/s1. The number of esters is 1. The summed E-state index contributed by atoms with van der Waals surface area (Å²) in [4.78, 5) is 11.7. The van der Waals surface area contributed by atoms with Gasteiger partial charge in [-0.1, -0.05) is 31.5 Å². The van der Waals surface area contributed by atoms with Gasteiger partial charge in [0.15, 0.2) is 0 Å². The summed E-state index contributed by atoms with van der Waals surface area (Å²) in [6, 6.07) is 6.59. The van der Waals surface area contributed by atoms with Gasteiger partial charge in [0.2, 0.25) is 0 Å². The molecule has 4 nitrogen and oxygen atoms in total. The number of carbonyl (C=O) groups is 1. The maximum Gasteiger partial charge on any atom is 0.323 e. The quantitative estimate of drug-likeness (QED) is 0.738. The maximum atomic E-state index is 11.7. The van der Waals surface area contributed by atoms with Crippen LogP contribution in [-0.2, 0) is 9.53 Å². The van der Waals surface area contributed by atoms with Crippen LogP contribution in [0.25, 0.3) is 0 Å². The van der Waals surface area contributed by atoms with Crippen molar-refractivity contribution in [3.63, 3.8) is 0 Å². The van der Waals surface area contributed by atoms with E-state index in [9.17, 15) is 4.79 Å². The van der Waals surface area contributed by atoms with Gasteiger partial charge in [-0.3, -0.25) is 4.79 Å². The summed E-state index contributed by atoms with van der Waals surface area (Å²) >= 11 is 6.00. The highest BCUT2D eigenvalue weighted by atomic mass is 35.5. The van der Waals surface area contributed by atoms with E-state index >= 15 is 0 Å². The summed E-state index contributed by atoms with van der Waals surface area (Å²) in [6.07, 6.45) is 1.24. The van der Waals surface area contributed by atoms with Gasteiger partial charge in [-0.15, -0.1) is 0 Å². The predicted octanol–water partition coefficient (Wildman–Crippen LogP) is 3.80. The van der Waals surface area contributed by atoms with E-state index < -0.39 is 12.0 Å². The Bertz CT molecular complexity index is 475. The second-order valence-corrected chi connectivity index (χ2v) is 5.98. The van der Waals surface area contributed by atoms with E-state index in [1.54, 1.807) is 19.1 Å². The van der Waals surface area contributed by atoms with Crippen molar-refractivity contribution in [1.82, 2.24) is 0 Å². The number of benzene rings is 1. The molecular weight excluding hydrogens is 302 g/mol. The molecule has 0 spiro atoms. The molecule has 1 rings (SSSR count). The van der Waals surface area contributed by atoms with Crippen molar-refractivity contribution in [1.29, 1.82) is 0 Å². The fourth-order valence-corrected chi connectivity index (χ4v) is 2.56. The van der Waals surface area contributed by atoms with Crippen LogP contribution in [0.15, 0.2) is 24.3 Å². The molecule has 0 fully saturated rings. The van der Waals surface area contributed by atoms with Crippen molar-refractivity contribution in [3.05, 3.63) is 29.3 Å². The minimum Gasteiger partial charge on any atom is -0.486 e. The van der Waals surface area contributed by atoms with Crippen molar-refractivity contribution >= 4 is 17.6 Å². The molecule has 2 N–H and O–H groups in total. The number of hydrogen-bond donors (Lipinski definition) is 1. The lowest BCUT2D eigenvalue weighted by Gasteiger charge is -2.31. The number of rotatable bonds is 8. The summed E-state index contributed by atoms with van der Waals surface area (Å²) in [5.74, 6) is 0.529. The number of halogens is 1. The normalized spacial score (nSPS) is 15.2. The Kier molecular flexibility index (Phi) is 7.69. The van der Waals surface area contributed by atoms with Crippen molar-refractivity contribution in [2.24, 2.45) is 11.7 Å². The van der Waals surface area contributed by atoms with Gasteiger partial charge in [0.1, 0.15) is 24.0 Å². The van der Waals surface area contributed by atoms with Crippen LogP contribution >= 0.6 is 11.6 Å². The summed E-state index contributed by atoms with van der Waals surface area (Å²) < 4.78 is 11.5. The molecule has 0 aliphatic carbocycles. The molecule has 22 heavy (non-hydrogen) atoms. The lowest BCUT2D eigenvalue weighted by Crippen LogP contribution is -2.42. The van der Waals surface area contributed by atoms with Gasteiger partial charge in [-0.2, -0.15) is 0 Å². The molecule has 0 unspecified atom stereocenters. The average Bonchev–Trinajstić information content (AvgIpc) is 2.47. The van der Waals surface area contributed by atoms with Gasteiger partial charge in [-0.05, 0) is 50.8 Å². The monoisotopic (exact) mass is 327 g/mol. The summed E-state index contributed by atoms with van der Waals surface area (Å²) in [7, 11) is 0. The molecule has 1 aromatic carbocycles. The van der Waals surface area contributed by atoms with Crippen LogP contribution in [0.4, 0.5) is 0 Å². The van der Waals surface area contributed by atoms with Gasteiger partial charge in [-0.25, -0.2) is 0 Å². The molecular formula is C17H26ClNO3. The highest BCUT2D eigenvalue weighted by Gasteiger charge is 2.30. The molecule has 0 heterocycles. The molecule has 0 saturated carbocycles. The van der Waals surface area contributed by atoms with Crippen molar-refractivity contribution in [3.8, 4) is 5.75 Å². The van der Waals surface area contributed by atoms with Crippen LogP contribution in [0.2, 0.25) is 5.02 Å². The number of hydrogen-bond acceptors (Lipinski definition) is 4. The third-order valence-electron chi connectivity index (χ3n) is 3.72. The van der Waals surface area contributed by atoms with Crippen LogP contribution in [-0.4, -0.2) is 24.2 Å². The van der Waals surface area contributed by atoms with E-state index in [0.29, 0.717) is 10.8 Å². The summed E-state index contributed by atoms with van der Waals surface area (Å²) in [6.45, 7) is 7.65. The topological polar surface area (TPSA) is 61.5 Å². The highest BCUT2D eigenvalue weighted by molar-refractivity contribution is 6.30. The molecule has 0 aliphatic heterocycles. The predicted molar refractivity (Wildman–Crippen MR) is 89.1 cm³/mol. The molecule has 0 aliphatic rings. The van der Waals surface area contributed by atoms with Crippen LogP contribution < -0.4 is 10.5 Å². The van der Waals surface area contributed by atoms with Crippen LogP contribution in [0.5, 0.6) is 5.75 Å². The van der Waals surface area contributed by atoms with Crippen molar-refractivity contribution in [2.45, 2.75) is 58.8 Å². The first-order chi connectivity index (χ1) is 10.4. The van der Waals surface area contributed by atoms with E-state index in [0.717, 1.165) is 12.8 Å². The lowest BCUT2D eigenvalue weighted by molar-refractivity contribution is -0.155. The zero-order valence-electron chi connectivity index (χ0n) is 13.7. The first-order valence-electron chi connectivity index (χ1n) is 7.77. The lowest BCUT2D eigenvalue weighted by atomic mass is 9.93. The Morgan fingerprint density at radius 2 is 1.91 bits per heavy atom. The van der Waals surface area contributed by atoms with Gasteiger partial charge in [0.05, 0.1) is 0 Å². The molecule has 3 atom stereocenters. The molecule has 0 saturated heterocycles. The molecule has 0 radical (unpaired) electrons. The smallest absolute Gasteiger partial charge is 0.323 e. The van der Waals surface area contributed by atoms with E-state index in [1.165, 1.54) is 0 Å². The van der Waals surface area contributed by atoms with E-state index in [1.807, 2.05) is 19.1 Å². The molecule has 124 valence electrons. The van der Waals surface area contributed by atoms with E-state index in [2.05, 4.69) is 13.8 Å². The zero-order valence-corrected chi connectivity index (χ0v) is 14.5. The minimum atomic E-state index is -0.643. The fourth-order valence-electron chi connectivity index (χ4n) is 2.38. The Balaban J connectivity index is 2.90. The van der Waals surface area contributed by atoms with Crippen molar-refractivity contribution in [2.75, 3.05) is 0 Å². The van der Waals surface area contributed by atoms with Gasteiger partial charge < -0.3 is 15.2 Å². The maximum absolute atomic E-state index is 11.7. The zero-order chi connectivity index (χ0) is 16.7. The van der Waals surface area contributed by atoms with Crippen molar-refractivity contribution < 1.29 is 14.3 Å². The van der Waals surface area contributed by atoms with Gasteiger partial charge >= 0.3 is 5.97 Å². The first-order valence-corrected chi connectivity index (χ1v) is 8.15. The Morgan fingerprint density at radius 1 is 1.27 bits per heavy atom. The Morgan fingerprint density at radius 3 is 2.41 bits per heavy atom. The third kappa shape index (κ3) is 5.50. The molecule has 0 aromatic heterocycles. The number of ether oxygens (including phenoxy) is 2. The Hall–Kier alpha value is -1.26. The minimum absolute atomic E-state index is 0.240. The highest BCUT2D eigenvalue weighted by Crippen LogP contribution is 2.26. The van der Waals surface area contributed by atoms with E-state index in [4.69, 9.17) is 26.8 Å². The molecule has 1 aromatic rings. The Labute approximate surface area is 137 Å². The van der Waals surface area contributed by atoms with Gasteiger partial charge in [0, 0.05) is 5.02 Å². The summed E-state index contributed by atoms with van der Waals surface area (Å²) in [5.41, 5.74) is 5.57. The van der Waals surface area contributed by atoms with Crippen LogP contribution in [0.3, 0.4) is 0 Å². The first kappa shape index (κ1) is 18.8. The molecule has 5 heteroatoms. The SMILES string of the molecule is CCC(CC)[C@@H](Oc1cccc(Cl)c1)[C@H](C)OC(=O)[C@H](C)N. The largest absolute Gasteiger partial charge is 0.486 e. The fraction of sp³-hybridized carbons (Fsp3) is 0.588. The molecule has 0 amide bonds.